The molecule has 176 valence electrons. The summed E-state index contributed by atoms with van der Waals surface area (Å²) in [6.45, 7) is 0.318. The molecule has 3 heterocycles. The van der Waals surface area contributed by atoms with E-state index >= 15 is 4.39 Å². The van der Waals surface area contributed by atoms with Crippen LogP contribution < -0.4 is 5.32 Å². The Morgan fingerprint density at radius 1 is 1.21 bits per heavy atom. The third kappa shape index (κ3) is 3.54. The van der Waals surface area contributed by atoms with Gasteiger partial charge in [0.05, 0.1) is 29.2 Å². The van der Waals surface area contributed by atoms with E-state index in [0.717, 1.165) is 18.9 Å². The predicted molar refractivity (Wildman–Crippen MR) is 111 cm³/mol. The summed E-state index contributed by atoms with van der Waals surface area (Å²) in [5.74, 6) is -3.96. The minimum Gasteiger partial charge on any atom is -0.362 e. The molecule has 4 aliphatic rings. The zero-order valence-corrected chi connectivity index (χ0v) is 18.6. The predicted octanol–water partition coefficient (Wildman–Crippen LogP) is 3.54. The molecule has 0 aromatic heterocycles. The van der Waals surface area contributed by atoms with Gasteiger partial charge in [-0.2, -0.15) is 18.4 Å². The summed E-state index contributed by atoms with van der Waals surface area (Å²) in [4.78, 5) is 25.2. The summed E-state index contributed by atoms with van der Waals surface area (Å²) in [6.07, 6.45) is -2.62. The molecule has 4 unspecified atom stereocenters. The standard InChI is InChI=1S/C22H21F4N3O3S/c1-32-21-15(10-2-3-10)16-17-12(18(30)19(31)14(9-27)28-17)8-13(23)20(16)33(21)29-6-4-11(5-7-29)22(24,25)26/h8,10-11,14-15,21H,2-7H2,1H3/p+1. The summed E-state index contributed by atoms with van der Waals surface area (Å²) in [5.41, 5.74) is 0.263. The lowest BCUT2D eigenvalue weighted by Gasteiger charge is -2.32. The van der Waals surface area contributed by atoms with Gasteiger partial charge in [0.25, 0.3) is 5.44 Å². The van der Waals surface area contributed by atoms with Crippen molar-refractivity contribution in [3.63, 3.8) is 0 Å². The number of piperidine rings is 1. The molecule has 5 rings (SSSR count). The van der Waals surface area contributed by atoms with Crippen molar-refractivity contribution in [3.05, 3.63) is 23.0 Å². The lowest BCUT2D eigenvalue weighted by atomic mass is 9.86. The first-order chi connectivity index (χ1) is 15.7. The smallest absolute Gasteiger partial charge is 0.362 e. The summed E-state index contributed by atoms with van der Waals surface area (Å²) >= 11 is -0.972. The van der Waals surface area contributed by atoms with Crippen molar-refractivity contribution in [2.24, 2.45) is 11.8 Å². The molecular weight excluding hydrogens is 462 g/mol. The van der Waals surface area contributed by atoms with Crippen LogP contribution in [0.5, 0.6) is 0 Å². The number of rotatable bonds is 3. The fourth-order valence-electron chi connectivity index (χ4n) is 5.28. The Balaban J connectivity index is 1.60. The number of hydrogen-bond donors (Lipinski definition) is 1. The number of ketones is 2. The molecule has 0 spiro atoms. The highest BCUT2D eigenvalue weighted by atomic mass is 32.2. The van der Waals surface area contributed by atoms with Crippen molar-refractivity contribution in [3.8, 4) is 6.07 Å². The number of nitriles is 1. The third-order valence-electron chi connectivity index (χ3n) is 7.03. The number of carbonyl (C=O) groups excluding carboxylic acids is 2. The van der Waals surface area contributed by atoms with Gasteiger partial charge in [-0.15, -0.1) is 4.31 Å². The first-order valence-corrected chi connectivity index (χ1v) is 12.1. The van der Waals surface area contributed by atoms with Crippen LogP contribution in [-0.4, -0.2) is 53.7 Å². The normalized spacial score (nSPS) is 30.5. The van der Waals surface area contributed by atoms with Crippen molar-refractivity contribution in [1.29, 1.82) is 5.26 Å². The monoisotopic (exact) mass is 484 g/mol. The van der Waals surface area contributed by atoms with E-state index in [4.69, 9.17) is 4.74 Å². The fourth-order valence-corrected chi connectivity index (χ4v) is 8.21. The van der Waals surface area contributed by atoms with E-state index in [1.807, 2.05) is 4.31 Å². The summed E-state index contributed by atoms with van der Waals surface area (Å²) in [7, 11) is 1.51. The molecule has 4 atom stereocenters. The topological polar surface area (TPSA) is 82.4 Å². The van der Waals surface area contributed by atoms with Gasteiger partial charge >= 0.3 is 6.18 Å². The van der Waals surface area contributed by atoms with Crippen molar-refractivity contribution in [2.45, 2.75) is 54.2 Å². The van der Waals surface area contributed by atoms with Crippen molar-refractivity contribution >= 4 is 28.3 Å². The van der Waals surface area contributed by atoms with Crippen LogP contribution in [0.2, 0.25) is 0 Å². The van der Waals surface area contributed by atoms with Gasteiger partial charge < -0.3 is 10.1 Å². The SMILES string of the molecule is COC1C(C2CC2)c2c3c(cc(F)c2[S+]1N1CCC(C(F)(F)F)CC1)C(=O)C(=O)C(C#N)N3. The van der Waals surface area contributed by atoms with Crippen LogP contribution in [0.4, 0.5) is 23.2 Å². The van der Waals surface area contributed by atoms with Crippen LogP contribution in [0.25, 0.3) is 0 Å². The van der Waals surface area contributed by atoms with Crippen LogP contribution in [0.1, 0.15) is 47.5 Å². The molecule has 0 bridgehead atoms. The second-order valence-electron chi connectivity index (χ2n) is 8.95. The van der Waals surface area contributed by atoms with Crippen LogP contribution in [0.3, 0.4) is 0 Å². The first kappa shape index (κ1) is 22.6. The largest absolute Gasteiger partial charge is 0.391 e. The number of anilines is 1. The van der Waals surface area contributed by atoms with Crippen molar-refractivity contribution in [2.75, 3.05) is 25.5 Å². The molecule has 1 saturated heterocycles. The summed E-state index contributed by atoms with van der Waals surface area (Å²) < 4.78 is 62.9. The molecule has 1 saturated carbocycles. The third-order valence-corrected chi connectivity index (χ3v) is 9.71. The quantitative estimate of drug-likeness (QED) is 0.402. The van der Waals surface area contributed by atoms with E-state index in [9.17, 15) is 28.0 Å². The molecule has 2 fully saturated rings. The second-order valence-corrected chi connectivity index (χ2v) is 11.0. The number of halogens is 4. The molecule has 11 heteroatoms. The minimum atomic E-state index is -4.26. The Morgan fingerprint density at radius 2 is 1.88 bits per heavy atom. The molecule has 3 aliphatic heterocycles. The highest BCUT2D eigenvalue weighted by Gasteiger charge is 2.62. The maximum atomic E-state index is 15.6. The van der Waals surface area contributed by atoms with Gasteiger partial charge in [0.1, 0.15) is 11.1 Å². The maximum absolute atomic E-state index is 15.6. The molecule has 6 nitrogen and oxygen atoms in total. The second kappa shape index (κ2) is 7.96. The number of ether oxygens (including phenoxy) is 1. The molecule has 1 N–H and O–H groups in total. The molecule has 1 aliphatic carbocycles. The van der Waals surface area contributed by atoms with E-state index in [0.29, 0.717) is 16.1 Å². The Bertz CT molecular complexity index is 1060. The highest BCUT2D eigenvalue weighted by molar-refractivity contribution is 7.95. The Hall–Kier alpha value is -2.16. The number of carbonyl (C=O) groups is 2. The highest BCUT2D eigenvalue weighted by Crippen LogP contribution is 2.58. The number of hydrogen-bond acceptors (Lipinski definition) is 6. The number of methoxy groups -OCH3 is 1. The zero-order chi connectivity index (χ0) is 23.7. The van der Waals surface area contributed by atoms with E-state index in [2.05, 4.69) is 5.32 Å². The van der Waals surface area contributed by atoms with Crippen LogP contribution in [0, 0.1) is 29.0 Å². The maximum Gasteiger partial charge on any atom is 0.391 e. The van der Waals surface area contributed by atoms with E-state index in [1.165, 1.54) is 7.11 Å². The Labute approximate surface area is 190 Å². The van der Waals surface area contributed by atoms with Gasteiger partial charge in [-0.1, -0.05) is 0 Å². The molecule has 33 heavy (non-hydrogen) atoms. The van der Waals surface area contributed by atoms with Crippen molar-refractivity contribution in [1.82, 2.24) is 4.31 Å². The first-order valence-electron chi connectivity index (χ1n) is 10.9. The van der Waals surface area contributed by atoms with Gasteiger partial charge in [-0.3, -0.25) is 9.59 Å². The average molecular weight is 484 g/mol. The molecule has 0 amide bonds. The number of fused-ring (bicyclic) bond motifs is 3. The molecule has 1 aromatic rings. The number of alkyl halides is 3. The van der Waals surface area contributed by atoms with Gasteiger partial charge in [0, 0.05) is 25.8 Å². The van der Waals surface area contributed by atoms with Gasteiger partial charge in [0.2, 0.25) is 16.5 Å². The van der Waals surface area contributed by atoms with Crippen LogP contribution >= 0.6 is 0 Å². The van der Waals surface area contributed by atoms with Crippen LogP contribution in [0.15, 0.2) is 11.0 Å². The van der Waals surface area contributed by atoms with Gasteiger partial charge in [-0.25, -0.2) is 4.39 Å². The summed E-state index contributed by atoms with van der Waals surface area (Å²) in [5, 5.41) is 12.2. The van der Waals surface area contributed by atoms with Crippen LogP contribution in [-0.2, 0) is 20.6 Å². The molecular formula is C22H22F4N3O3S+. The molecule has 1 aromatic carbocycles. The number of nitrogens with zero attached hydrogens (tertiary/aromatic N) is 2. The summed E-state index contributed by atoms with van der Waals surface area (Å²) in [6, 6.07) is 1.46. The number of nitrogens with one attached hydrogen (secondary N) is 1. The zero-order valence-electron chi connectivity index (χ0n) is 17.7. The molecule has 0 radical (unpaired) electrons. The Kier molecular flexibility index (Phi) is 5.46. The van der Waals surface area contributed by atoms with Gasteiger partial charge in [0.15, 0.2) is 11.9 Å². The fraction of sp³-hybridized carbons (Fsp3) is 0.591. The number of benzene rings is 1. The van der Waals surface area contributed by atoms with E-state index in [1.54, 1.807) is 6.07 Å². The van der Waals surface area contributed by atoms with E-state index < -0.39 is 52.0 Å². The van der Waals surface area contributed by atoms with Gasteiger partial charge in [-0.05, 0) is 37.7 Å². The Morgan fingerprint density at radius 3 is 2.42 bits per heavy atom. The lowest BCUT2D eigenvalue weighted by molar-refractivity contribution is -0.182. The number of Topliss-reactive ketones (excluding diaryl/α,β-unsaturated/α-hetero) is 2. The average Bonchev–Trinajstić information content (AvgIpc) is 3.56. The lowest BCUT2D eigenvalue weighted by Crippen LogP contribution is -2.45. The van der Waals surface area contributed by atoms with Crippen molar-refractivity contribution < 1.29 is 31.9 Å². The minimum absolute atomic E-state index is 0.0683. The van der Waals surface area contributed by atoms with E-state index in [-0.39, 0.29) is 43.3 Å².